The van der Waals surface area contributed by atoms with Gasteiger partial charge in [0.1, 0.15) is 5.25 Å². The van der Waals surface area contributed by atoms with Crippen molar-refractivity contribution < 1.29 is 4.79 Å². The summed E-state index contributed by atoms with van der Waals surface area (Å²) in [4.78, 5) is 12.2. The first-order chi connectivity index (χ1) is 8.83. The van der Waals surface area contributed by atoms with Crippen molar-refractivity contribution in [2.45, 2.75) is 18.6 Å². The number of carbonyl (C=O) groups excluding carboxylic acids is 1. The molecule has 19 heavy (non-hydrogen) atoms. The number of rotatable bonds is 5. The summed E-state index contributed by atoms with van der Waals surface area (Å²) < 4.78 is 0. The van der Waals surface area contributed by atoms with Gasteiger partial charge in [-0.15, -0.1) is 24.2 Å². The fourth-order valence-corrected chi connectivity index (χ4v) is 3.37. The van der Waals surface area contributed by atoms with E-state index in [1.54, 1.807) is 11.8 Å². The molecule has 1 atom stereocenters. The molecule has 0 spiro atoms. The molecule has 1 aromatic rings. The van der Waals surface area contributed by atoms with Crippen LogP contribution in [0.5, 0.6) is 0 Å². The topological polar surface area (TPSA) is 41.1 Å². The fourth-order valence-electron chi connectivity index (χ4n) is 2.15. The van der Waals surface area contributed by atoms with Crippen LogP contribution in [0.15, 0.2) is 24.3 Å². The van der Waals surface area contributed by atoms with Crippen LogP contribution in [-0.2, 0) is 11.2 Å². The van der Waals surface area contributed by atoms with E-state index in [2.05, 4.69) is 35.8 Å². The number of carbonyl (C=O) groups is 1. The second-order valence-corrected chi connectivity index (χ2v) is 5.56. The molecule has 0 fully saturated rings. The standard InChI is InChI=1S/C14H20N2OS.ClH/c1-2-15-8-9-16-14(17)13-12-6-4-3-5-11(12)7-10-18-13;/h3-6,13,15H,2,7-10H2,1H3,(H,16,17);1H. The number of aryl methyl sites for hydroxylation is 1. The second-order valence-electron chi connectivity index (χ2n) is 4.34. The van der Waals surface area contributed by atoms with E-state index in [0.29, 0.717) is 6.54 Å². The summed E-state index contributed by atoms with van der Waals surface area (Å²) in [5.41, 5.74) is 2.51. The second kappa shape index (κ2) is 8.46. The molecule has 0 aromatic heterocycles. The van der Waals surface area contributed by atoms with Gasteiger partial charge < -0.3 is 10.6 Å². The van der Waals surface area contributed by atoms with E-state index >= 15 is 0 Å². The number of benzene rings is 1. The fraction of sp³-hybridized carbons (Fsp3) is 0.500. The monoisotopic (exact) mass is 300 g/mol. The van der Waals surface area contributed by atoms with Gasteiger partial charge in [0.25, 0.3) is 0 Å². The maximum Gasteiger partial charge on any atom is 0.237 e. The molecule has 1 aliphatic heterocycles. The number of halogens is 1. The molecule has 5 heteroatoms. The normalized spacial score (nSPS) is 17.2. The van der Waals surface area contributed by atoms with Crippen LogP contribution in [0.3, 0.4) is 0 Å². The van der Waals surface area contributed by atoms with E-state index in [0.717, 1.165) is 25.3 Å². The molecule has 1 aliphatic rings. The van der Waals surface area contributed by atoms with Crippen LogP contribution >= 0.6 is 24.2 Å². The first kappa shape index (κ1) is 16.3. The molecule has 1 unspecified atom stereocenters. The third kappa shape index (κ3) is 4.41. The summed E-state index contributed by atoms with van der Waals surface area (Å²) in [6, 6.07) is 8.28. The molecule has 2 rings (SSSR count). The number of hydrogen-bond acceptors (Lipinski definition) is 3. The molecule has 0 bridgehead atoms. The SMILES string of the molecule is CCNCCNC(=O)C1SCCc2ccccc21.Cl. The van der Waals surface area contributed by atoms with Crippen LogP contribution in [0.4, 0.5) is 0 Å². The van der Waals surface area contributed by atoms with Gasteiger partial charge in [0.05, 0.1) is 0 Å². The van der Waals surface area contributed by atoms with Gasteiger partial charge in [-0.3, -0.25) is 4.79 Å². The van der Waals surface area contributed by atoms with Crippen LogP contribution in [-0.4, -0.2) is 31.3 Å². The third-order valence-electron chi connectivity index (χ3n) is 3.08. The Morgan fingerprint density at radius 2 is 2.16 bits per heavy atom. The molecule has 0 saturated heterocycles. The minimum Gasteiger partial charge on any atom is -0.354 e. The van der Waals surface area contributed by atoms with Gasteiger partial charge >= 0.3 is 0 Å². The number of nitrogens with one attached hydrogen (secondary N) is 2. The van der Waals surface area contributed by atoms with Crippen LogP contribution in [0.2, 0.25) is 0 Å². The highest BCUT2D eigenvalue weighted by molar-refractivity contribution is 8.00. The van der Waals surface area contributed by atoms with Crippen molar-refractivity contribution >= 4 is 30.1 Å². The predicted molar refractivity (Wildman–Crippen MR) is 84.1 cm³/mol. The Labute approximate surface area is 125 Å². The van der Waals surface area contributed by atoms with Crippen molar-refractivity contribution in [1.82, 2.24) is 10.6 Å². The lowest BCUT2D eigenvalue weighted by atomic mass is 10.0. The Hall–Kier alpha value is -0.710. The summed E-state index contributed by atoms with van der Waals surface area (Å²) in [7, 11) is 0. The van der Waals surface area contributed by atoms with Crippen molar-refractivity contribution in [1.29, 1.82) is 0 Å². The van der Waals surface area contributed by atoms with Gasteiger partial charge in [-0.05, 0) is 29.8 Å². The lowest BCUT2D eigenvalue weighted by Crippen LogP contribution is -2.35. The number of hydrogen-bond donors (Lipinski definition) is 2. The average Bonchev–Trinajstić information content (AvgIpc) is 2.43. The first-order valence-electron chi connectivity index (χ1n) is 6.50. The van der Waals surface area contributed by atoms with Gasteiger partial charge in [-0.2, -0.15) is 0 Å². The Morgan fingerprint density at radius 1 is 1.37 bits per heavy atom. The molecule has 2 N–H and O–H groups in total. The molecule has 1 amide bonds. The molecular weight excluding hydrogens is 280 g/mol. The number of fused-ring (bicyclic) bond motifs is 1. The van der Waals surface area contributed by atoms with Gasteiger partial charge in [0, 0.05) is 13.1 Å². The Kier molecular flexibility index (Phi) is 7.28. The molecule has 3 nitrogen and oxygen atoms in total. The van der Waals surface area contributed by atoms with Gasteiger partial charge in [-0.25, -0.2) is 0 Å². The van der Waals surface area contributed by atoms with Gasteiger partial charge in [-0.1, -0.05) is 31.2 Å². The summed E-state index contributed by atoms with van der Waals surface area (Å²) >= 11 is 1.75. The maximum atomic E-state index is 12.2. The zero-order valence-corrected chi connectivity index (χ0v) is 12.8. The third-order valence-corrected chi connectivity index (χ3v) is 4.32. The quantitative estimate of drug-likeness (QED) is 0.819. The maximum absolute atomic E-state index is 12.2. The highest BCUT2D eigenvalue weighted by Crippen LogP contribution is 2.36. The zero-order valence-electron chi connectivity index (χ0n) is 11.1. The first-order valence-corrected chi connectivity index (χ1v) is 7.55. The molecule has 1 heterocycles. The van der Waals surface area contributed by atoms with E-state index in [9.17, 15) is 4.79 Å². The number of amides is 1. The minimum atomic E-state index is -0.0309. The molecule has 0 aliphatic carbocycles. The predicted octanol–water partition coefficient (Wildman–Crippen LogP) is 2.16. The van der Waals surface area contributed by atoms with Crippen molar-refractivity contribution in [3.63, 3.8) is 0 Å². The molecule has 0 radical (unpaired) electrons. The van der Waals surface area contributed by atoms with Crippen LogP contribution in [0, 0.1) is 0 Å². The van der Waals surface area contributed by atoms with E-state index < -0.39 is 0 Å². The van der Waals surface area contributed by atoms with Crippen LogP contribution in [0.25, 0.3) is 0 Å². The molecule has 0 saturated carbocycles. The summed E-state index contributed by atoms with van der Waals surface area (Å²) in [5, 5.41) is 6.18. The smallest absolute Gasteiger partial charge is 0.237 e. The lowest BCUT2D eigenvalue weighted by molar-refractivity contribution is -0.120. The minimum absolute atomic E-state index is 0. The van der Waals surface area contributed by atoms with Gasteiger partial charge in [0.2, 0.25) is 5.91 Å². The highest BCUT2D eigenvalue weighted by atomic mass is 35.5. The van der Waals surface area contributed by atoms with Gasteiger partial charge in [0.15, 0.2) is 0 Å². The van der Waals surface area contributed by atoms with E-state index in [4.69, 9.17) is 0 Å². The number of thioether (sulfide) groups is 1. The Morgan fingerprint density at radius 3 is 2.95 bits per heavy atom. The number of likely N-dealkylation sites (N-methyl/N-ethyl adjacent to an activating group) is 1. The van der Waals surface area contributed by atoms with Crippen LogP contribution in [0.1, 0.15) is 23.3 Å². The zero-order chi connectivity index (χ0) is 12.8. The van der Waals surface area contributed by atoms with Crippen molar-refractivity contribution in [3.8, 4) is 0 Å². The summed E-state index contributed by atoms with van der Waals surface area (Å²) in [5.74, 6) is 1.17. The van der Waals surface area contributed by atoms with E-state index in [1.807, 2.05) is 6.07 Å². The summed E-state index contributed by atoms with van der Waals surface area (Å²) in [6.07, 6.45) is 1.07. The average molecular weight is 301 g/mol. The molecular formula is C14H21ClN2OS. The van der Waals surface area contributed by atoms with Crippen LogP contribution < -0.4 is 10.6 Å². The lowest BCUT2D eigenvalue weighted by Gasteiger charge is -2.24. The molecule has 1 aromatic carbocycles. The summed E-state index contributed by atoms with van der Waals surface area (Å²) in [6.45, 7) is 4.54. The highest BCUT2D eigenvalue weighted by Gasteiger charge is 2.26. The van der Waals surface area contributed by atoms with Crippen molar-refractivity contribution in [2.75, 3.05) is 25.4 Å². The molecule has 106 valence electrons. The van der Waals surface area contributed by atoms with E-state index in [-0.39, 0.29) is 23.6 Å². The van der Waals surface area contributed by atoms with Crippen molar-refractivity contribution in [2.24, 2.45) is 0 Å². The Balaban J connectivity index is 0.00000180. The van der Waals surface area contributed by atoms with E-state index in [1.165, 1.54) is 11.1 Å². The van der Waals surface area contributed by atoms with Crippen molar-refractivity contribution in [3.05, 3.63) is 35.4 Å². The largest absolute Gasteiger partial charge is 0.354 e. The Bertz CT molecular complexity index is 414.